The third-order valence-electron chi connectivity index (χ3n) is 6.17. The number of carbonyl (C=O) groups is 1. The molecule has 2 aliphatic heterocycles. The van der Waals surface area contributed by atoms with Crippen LogP contribution >= 0.6 is 0 Å². The maximum absolute atomic E-state index is 15.3. The van der Waals surface area contributed by atoms with Gasteiger partial charge in [-0.25, -0.2) is 19.2 Å². The largest absolute Gasteiger partial charge is 0.474 e. The normalized spacial score (nSPS) is 19.5. The second-order valence-corrected chi connectivity index (χ2v) is 8.40. The minimum absolute atomic E-state index is 0.0173. The zero-order chi connectivity index (χ0) is 23.1. The van der Waals surface area contributed by atoms with Crippen LogP contribution in [-0.2, 0) is 4.74 Å². The maximum Gasteiger partial charge on any atom is 0.413 e. The summed E-state index contributed by atoms with van der Waals surface area (Å²) in [6.45, 7) is 6.49. The molecule has 1 aromatic carbocycles. The molecule has 3 aromatic rings. The van der Waals surface area contributed by atoms with Crippen molar-refractivity contribution >= 4 is 34.1 Å². The summed E-state index contributed by atoms with van der Waals surface area (Å²) in [4.78, 5) is 20.9. The number of hydrogen-bond acceptors (Lipinski definition) is 8. The van der Waals surface area contributed by atoms with Crippen molar-refractivity contribution in [2.24, 2.45) is 5.92 Å². The van der Waals surface area contributed by atoms with E-state index in [1.54, 1.807) is 18.3 Å². The molecular weight excluding hydrogens is 427 g/mol. The van der Waals surface area contributed by atoms with Crippen molar-refractivity contribution in [3.05, 3.63) is 35.9 Å². The van der Waals surface area contributed by atoms with Gasteiger partial charge in [-0.2, -0.15) is 0 Å². The quantitative estimate of drug-likeness (QED) is 0.447. The van der Waals surface area contributed by atoms with Gasteiger partial charge in [-0.05, 0) is 30.0 Å². The lowest BCUT2D eigenvalue weighted by atomic mass is 9.97. The van der Waals surface area contributed by atoms with Crippen molar-refractivity contribution in [3.8, 4) is 17.0 Å². The molecular formula is C23H25FN6O3. The molecule has 0 radical (unpaired) electrons. The number of halogens is 1. The van der Waals surface area contributed by atoms with Crippen LogP contribution in [0.3, 0.4) is 0 Å². The number of pyridine rings is 2. The Morgan fingerprint density at radius 3 is 2.91 bits per heavy atom. The Hall–Kier alpha value is -3.66. The molecule has 9 nitrogen and oxygen atoms in total. The van der Waals surface area contributed by atoms with Gasteiger partial charge in [0.05, 0.1) is 5.69 Å². The smallest absolute Gasteiger partial charge is 0.413 e. The first-order chi connectivity index (χ1) is 15.9. The van der Waals surface area contributed by atoms with Crippen LogP contribution in [0.1, 0.15) is 12.5 Å². The first kappa shape index (κ1) is 21.2. The standard InChI is InChI=1S/C23H25FN6O3/c1-11-7-26-10-17(11)33-23(31)30-18-6-13-5-14(19(24)20(25)16(13)9-28-18)15-8-29-22-21(12(15)2)27-3-4-32-22/h5-6,8-9,11,17,26-27H,3-4,7,10,25H2,1-2H3,(H,28,30,31)/t11-,17+/m1/s1. The first-order valence-corrected chi connectivity index (χ1v) is 10.8. The number of nitrogens with zero attached hydrogens (tertiary/aromatic N) is 2. The highest BCUT2D eigenvalue weighted by atomic mass is 19.1. The van der Waals surface area contributed by atoms with E-state index < -0.39 is 11.9 Å². The van der Waals surface area contributed by atoms with Crippen molar-refractivity contribution < 1.29 is 18.7 Å². The summed E-state index contributed by atoms with van der Waals surface area (Å²) in [6.07, 6.45) is 2.25. The van der Waals surface area contributed by atoms with Crippen LogP contribution < -0.4 is 26.4 Å². The Bertz CT molecular complexity index is 1250. The van der Waals surface area contributed by atoms with E-state index in [-0.39, 0.29) is 17.7 Å². The third kappa shape index (κ3) is 3.86. The molecule has 5 N–H and O–H groups in total. The Balaban J connectivity index is 1.48. The highest BCUT2D eigenvalue weighted by molar-refractivity contribution is 5.99. The van der Waals surface area contributed by atoms with Crippen LogP contribution in [0.25, 0.3) is 21.9 Å². The molecule has 1 fully saturated rings. The van der Waals surface area contributed by atoms with E-state index in [0.29, 0.717) is 53.3 Å². The van der Waals surface area contributed by atoms with E-state index in [4.69, 9.17) is 15.2 Å². The summed E-state index contributed by atoms with van der Waals surface area (Å²) >= 11 is 0. The highest BCUT2D eigenvalue weighted by Crippen LogP contribution is 2.39. The van der Waals surface area contributed by atoms with E-state index >= 15 is 4.39 Å². The molecule has 1 saturated heterocycles. The summed E-state index contributed by atoms with van der Waals surface area (Å²) in [5, 5.41) is 10.2. The molecule has 5 rings (SSSR count). The summed E-state index contributed by atoms with van der Waals surface area (Å²) in [6, 6.07) is 3.33. The van der Waals surface area contributed by atoms with Gasteiger partial charge in [0.25, 0.3) is 0 Å². The Labute approximate surface area is 189 Å². The average molecular weight is 452 g/mol. The summed E-state index contributed by atoms with van der Waals surface area (Å²) in [5.74, 6) is 0.476. The van der Waals surface area contributed by atoms with Gasteiger partial charge in [0, 0.05) is 54.5 Å². The Kier molecular flexibility index (Phi) is 5.37. The molecule has 1 amide bonds. The number of carbonyl (C=O) groups excluding carboxylic acids is 1. The molecule has 2 aromatic heterocycles. The van der Waals surface area contributed by atoms with Gasteiger partial charge in [-0.15, -0.1) is 0 Å². The number of amides is 1. The van der Waals surface area contributed by atoms with E-state index in [9.17, 15) is 4.79 Å². The van der Waals surface area contributed by atoms with Gasteiger partial charge < -0.3 is 25.8 Å². The molecule has 10 heteroatoms. The number of hydrogen-bond donors (Lipinski definition) is 4. The fraction of sp³-hybridized carbons (Fsp3) is 0.348. The SMILES string of the molecule is Cc1c(-c2cc3cc(NC(=O)O[C@H]4CNC[C@H]4C)ncc3c(N)c2F)cnc2c1NCCO2. The van der Waals surface area contributed by atoms with Crippen LogP contribution in [0.4, 0.5) is 26.4 Å². The lowest BCUT2D eigenvalue weighted by Crippen LogP contribution is -2.27. The number of anilines is 3. The molecule has 0 unspecified atom stereocenters. The molecule has 0 bridgehead atoms. The molecule has 2 aliphatic rings. The predicted molar refractivity (Wildman–Crippen MR) is 124 cm³/mol. The van der Waals surface area contributed by atoms with Crippen molar-refractivity contribution in [3.63, 3.8) is 0 Å². The van der Waals surface area contributed by atoms with Crippen LogP contribution in [0.15, 0.2) is 24.5 Å². The second-order valence-electron chi connectivity index (χ2n) is 8.40. The zero-order valence-electron chi connectivity index (χ0n) is 18.4. The number of nitrogens with one attached hydrogen (secondary N) is 3. The topological polar surface area (TPSA) is 123 Å². The lowest BCUT2D eigenvalue weighted by Gasteiger charge is -2.22. The zero-order valence-corrected chi connectivity index (χ0v) is 18.4. The number of nitrogens with two attached hydrogens (primary N) is 1. The van der Waals surface area contributed by atoms with Crippen molar-refractivity contribution in [2.45, 2.75) is 20.0 Å². The number of aromatic nitrogens is 2. The minimum Gasteiger partial charge on any atom is -0.474 e. The van der Waals surface area contributed by atoms with Gasteiger partial charge in [-0.1, -0.05) is 6.92 Å². The van der Waals surface area contributed by atoms with Crippen LogP contribution in [0.2, 0.25) is 0 Å². The van der Waals surface area contributed by atoms with Crippen LogP contribution in [-0.4, -0.2) is 48.4 Å². The monoisotopic (exact) mass is 452 g/mol. The molecule has 2 atom stereocenters. The third-order valence-corrected chi connectivity index (χ3v) is 6.17. The van der Waals surface area contributed by atoms with Gasteiger partial charge in [0.15, 0.2) is 5.82 Å². The second kappa shape index (κ2) is 8.36. The van der Waals surface area contributed by atoms with Gasteiger partial charge >= 0.3 is 6.09 Å². The number of ether oxygens (including phenoxy) is 2. The van der Waals surface area contributed by atoms with E-state index in [0.717, 1.165) is 17.8 Å². The molecule has 0 spiro atoms. The summed E-state index contributed by atoms with van der Waals surface area (Å²) < 4.78 is 26.3. The molecule has 172 valence electrons. The average Bonchev–Trinajstić information content (AvgIpc) is 3.21. The van der Waals surface area contributed by atoms with Gasteiger partial charge in [0.2, 0.25) is 5.88 Å². The van der Waals surface area contributed by atoms with Crippen molar-refractivity contribution in [2.75, 3.05) is 42.6 Å². The fourth-order valence-electron chi connectivity index (χ4n) is 4.27. The lowest BCUT2D eigenvalue weighted by molar-refractivity contribution is 0.100. The molecule has 4 heterocycles. The Morgan fingerprint density at radius 2 is 2.12 bits per heavy atom. The van der Waals surface area contributed by atoms with Crippen molar-refractivity contribution in [1.29, 1.82) is 0 Å². The van der Waals surface area contributed by atoms with Crippen molar-refractivity contribution in [1.82, 2.24) is 15.3 Å². The fourth-order valence-corrected chi connectivity index (χ4v) is 4.27. The van der Waals surface area contributed by atoms with Gasteiger partial charge in [-0.3, -0.25) is 5.32 Å². The van der Waals surface area contributed by atoms with E-state index in [1.807, 2.05) is 13.8 Å². The minimum atomic E-state index is -0.585. The van der Waals surface area contributed by atoms with Crippen LogP contribution in [0.5, 0.6) is 5.88 Å². The predicted octanol–water partition coefficient (Wildman–Crippen LogP) is 3.29. The molecule has 0 saturated carbocycles. The number of fused-ring (bicyclic) bond motifs is 2. The number of rotatable bonds is 3. The van der Waals surface area contributed by atoms with Crippen LogP contribution in [0, 0.1) is 18.7 Å². The number of nitrogen functional groups attached to an aromatic ring is 1. The van der Waals surface area contributed by atoms with E-state index in [2.05, 4.69) is 25.9 Å². The summed E-state index contributed by atoms with van der Waals surface area (Å²) in [7, 11) is 0. The maximum atomic E-state index is 15.3. The number of benzene rings is 1. The summed E-state index contributed by atoms with van der Waals surface area (Å²) in [5.41, 5.74) is 8.58. The van der Waals surface area contributed by atoms with E-state index in [1.165, 1.54) is 6.20 Å². The van der Waals surface area contributed by atoms with Gasteiger partial charge in [0.1, 0.15) is 24.2 Å². The first-order valence-electron chi connectivity index (χ1n) is 10.8. The highest BCUT2D eigenvalue weighted by Gasteiger charge is 2.27. The molecule has 33 heavy (non-hydrogen) atoms. The Morgan fingerprint density at radius 1 is 1.27 bits per heavy atom. The molecule has 0 aliphatic carbocycles.